The van der Waals surface area contributed by atoms with Crippen LogP contribution in [0.5, 0.6) is 11.5 Å². The fourth-order valence-corrected chi connectivity index (χ4v) is 6.81. The largest absolute Gasteiger partial charge is 0.497 e. The first-order valence-electron chi connectivity index (χ1n) is 13.0. The molecule has 220 valence electrons. The van der Waals surface area contributed by atoms with E-state index in [9.17, 15) is 24.8 Å². The van der Waals surface area contributed by atoms with Crippen LogP contribution in [0.25, 0.3) is 0 Å². The van der Waals surface area contributed by atoms with Gasteiger partial charge in [-0.2, -0.15) is 5.26 Å². The van der Waals surface area contributed by atoms with Gasteiger partial charge in [0.1, 0.15) is 17.3 Å². The van der Waals surface area contributed by atoms with Crippen molar-refractivity contribution in [3.8, 4) is 17.6 Å². The number of carbonyl (C=O) groups excluding carboxylic acids is 2. The minimum Gasteiger partial charge on any atom is -0.497 e. The van der Waals surface area contributed by atoms with Crippen molar-refractivity contribution < 1.29 is 29.0 Å². The van der Waals surface area contributed by atoms with Gasteiger partial charge in [-0.3, -0.25) is 14.5 Å². The Bertz CT molecular complexity index is 1730. The highest BCUT2D eigenvalue weighted by molar-refractivity contribution is 8.01. The fourth-order valence-electron chi connectivity index (χ4n) is 5.12. The van der Waals surface area contributed by atoms with Gasteiger partial charge in [0.05, 0.1) is 48.8 Å². The van der Waals surface area contributed by atoms with Gasteiger partial charge in [0.15, 0.2) is 10.1 Å². The average molecular weight is 619 g/mol. The number of aromatic nitrogens is 2. The van der Waals surface area contributed by atoms with Crippen molar-refractivity contribution >= 4 is 51.6 Å². The van der Waals surface area contributed by atoms with E-state index in [1.165, 1.54) is 26.4 Å². The van der Waals surface area contributed by atoms with Gasteiger partial charge in [0, 0.05) is 23.3 Å². The minimum atomic E-state index is -1.15. The number of nitrogens with zero attached hydrogens (tertiary/aromatic N) is 4. The van der Waals surface area contributed by atoms with Crippen molar-refractivity contribution in [1.29, 1.82) is 5.26 Å². The van der Waals surface area contributed by atoms with Gasteiger partial charge in [-0.1, -0.05) is 35.2 Å². The van der Waals surface area contributed by atoms with Crippen molar-refractivity contribution in [3.05, 3.63) is 76.3 Å². The number of carbonyl (C=O) groups is 3. The number of carboxylic acids is 1. The van der Waals surface area contributed by atoms with Crippen LogP contribution in [0.15, 0.2) is 69.5 Å². The maximum Gasteiger partial charge on any atom is 0.337 e. The SMILES string of the molecule is COc1ccc(OC)c(C2C(C#N)=C(N)N(c3nnc(SCC(=O)Nc4ccccc4C(=O)O)s3)C3=C2C(=O)CCC3)c1. The number of Topliss-reactive ketones (excluding diaryl/α,β-unsaturated/α-hetero) is 1. The number of nitrogens with two attached hydrogens (primary N) is 1. The van der Waals surface area contributed by atoms with Gasteiger partial charge in [0.25, 0.3) is 0 Å². The summed E-state index contributed by atoms with van der Waals surface area (Å²) in [6, 6.07) is 13.5. The lowest BCUT2D eigenvalue weighted by Crippen LogP contribution is -2.38. The van der Waals surface area contributed by atoms with E-state index in [1.807, 2.05) is 0 Å². The van der Waals surface area contributed by atoms with E-state index in [0.29, 0.717) is 57.1 Å². The number of hydrogen-bond donors (Lipinski definition) is 3. The van der Waals surface area contributed by atoms with Crippen LogP contribution in [0, 0.1) is 11.3 Å². The summed E-state index contributed by atoms with van der Waals surface area (Å²) >= 11 is 2.27. The highest BCUT2D eigenvalue weighted by Crippen LogP contribution is 2.49. The molecule has 2 aliphatic rings. The van der Waals surface area contributed by atoms with E-state index in [2.05, 4.69) is 21.6 Å². The Morgan fingerprint density at radius 3 is 2.72 bits per heavy atom. The Hall–Kier alpha value is -4.87. The number of benzene rings is 2. The highest BCUT2D eigenvalue weighted by atomic mass is 32.2. The fraction of sp³-hybridized carbons (Fsp3) is 0.241. The lowest BCUT2D eigenvalue weighted by atomic mass is 9.75. The second-order valence-corrected chi connectivity index (χ2v) is 11.6. The molecule has 1 amide bonds. The second-order valence-electron chi connectivity index (χ2n) is 9.46. The zero-order valence-corrected chi connectivity index (χ0v) is 24.8. The number of ether oxygens (including phenoxy) is 2. The first kappa shape index (κ1) is 29.6. The topological polar surface area (TPSA) is 181 Å². The smallest absolute Gasteiger partial charge is 0.337 e. The van der Waals surface area contributed by atoms with Crippen LogP contribution in [0.1, 0.15) is 41.1 Å². The molecule has 12 nitrogen and oxygen atoms in total. The van der Waals surface area contributed by atoms with E-state index in [0.717, 1.165) is 23.1 Å². The van der Waals surface area contributed by atoms with Gasteiger partial charge in [-0.15, -0.1) is 10.2 Å². The summed E-state index contributed by atoms with van der Waals surface area (Å²) in [6.07, 6.45) is 1.45. The third-order valence-corrected chi connectivity index (χ3v) is 9.05. The molecule has 1 aliphatic heterocycles. The number of anilines is 2. The lowest BCUT2D eigenvalue weighted by Gasteiger charge is -2.38. The van der Waals surface area contributed by atoms with Gasteiger partial charge in [-0.25, -0.2) is 4.79 Å². The number of aromatic carboxylic acids is 1. The van der Waals surface area contributed by atoms with Crippen molar-refractivity contribution in [2.75, 3.05) is 30.2 Å². The molecule has 1 atom stereocenters. The van der Waals surface area contributed by atoms with Crippen LogP contribution in [0.3, 0.4) is 0 Å². The van der Waals surface area contributed by atoms with Crippen molar-refractivity contribution in [2.24, 2.45) is 5.73 Å². The molecule has 0 saturated heterocycles. The molecule has 4 N–H and O–H groups in total. The zero-order chi connectivity index (χ0) is 30.7. The molecule has 0 bridgehead atoms. The standard InChI is InChI=1S/C29H26N6O6S2/c1-40-15-10-11-22(41-2)17(12-15)24-18(13-30)26(31)35(20-8-5-9-21(36)25(20)24)28-33-34-29(43-28)42-14-23(37)32-19-7-4-3-6-16(19)27(38)39/h3-4,6-7,10-12,24H,5,8-9,14,31H2,1-2H3,(H,32,37)(H,38,39). The summed E-state index contributed by atoms with van der Waals surface area (Å²) in [6.45, 7) is 0. The van der Waals surface area contributed by atoms with Crippen LogP contribution >= 0.6 is 23.1 Å². The molecule has 43 heavy (non-hydrogen) atoms. The summed E-state index contributed by atoms with van der Waals surface area (Å²) in [5, 5.41) is 31.1. The third kappa shape index (κ3) is 5.77. The Kier molecular flexibility index (Phi) is 8.65. The van der Waals surface area contributed by atoms with Crippen LogP contribution in [0.4, 0.5) is 10.8 Å². The van der Waals surface area contributed by atoms with E-state index < -0.39 is 17.8 Å². The number of nitriles is 1. The molecular weight excluding hydrogens is 592 g/mol. The summed E-state index contributed by atoms with van der Waals surface area (Å²) in [5.74, 6) is -1.32. The quantitative estimate of drug-likeness (QED) is 0.290. The number of carboxylic acid groups (broad SMARTS) is 1. The third-order valence-electron chi connectivity index (χ3n) is 7.01. The molecule has 14 heteroatoms. The lowest BCUT2D eigenvalue weighted by molar-refractivity contribution is -0.116. The summed E-state index contributed by atoms with van der Waals surface area (Å²) in [5.41, 5.74) is 8.67. The second kappa shape index (κ2) is 12.6. The summed E-state index contributed by atoms with van der Waals surface area (Å²) in [4.78, 5) is 39.1. The molecule has 0 fully saturated rings. The number of rotatable bonds is 9. The van der Waals surface area contributed by atoms with E-state index in [4.69, 9.17) is 15.2 Å². The van der Waals surface area contributed by atoms with E-state index >= 15 is 0 Å². The normalized spacial score (nSPS) is 16.4. The average Bonchev–Trinajstić information content (AvgIpc) is 3.47. The maximum atomic E-state index is 13.5. The Labute approximate surface area is 254 Å². The number of ketones is 1. The minimum absolute atomic E-state index is 0.0179. The molecular formula is C29H26N6O6S2. The number of methoxy groups -OCH3 is 2. The number of allylic oxidation sites excluding steroid dienone is 3. The Balaban J connectivity index is 1.45. The predicted molar refractivity (Wildman–Crippen MR) is 160 cm³/mol. The number of nitrogens with one attached hydrogen (secondary N) is 1. The van der Waals surface area contributed by atoms with Gasteiger partial charge < -0.3 is 25.6 Å². The van der Waals surface area contributed by atoms with Crippen molar-refractivity contribution in [2.45, 2.75) is 29.5 Å². The van der Waals surface area contributed by atoms with Crippen LogP contribution in [-0.2, 0) is 9.59 Å². The van der Waals surface area contributed by atoms with Crippen LogP contribution in [0.2, 0.25) is 0 Å². The summed E-state index contributed by atoms with van der Waals surface area (Å²) < 4.78 is 11.5. The Morgan fingerprint density at radius 1 is 1.21 bits per heavy atom. The molecule has 2 aromatic carbocycles. The monoisotopic (exact) mass is 618 g/mol. The van der Waals surface area contributed by atoms with Gasteiger partial charge >= 0.3 is 5.97 Å². The highest BCUT2D eigenvalue weighted by Gasteiger charge is 2.42. The van der Waals surface area contributed by atoms with Crippen molar-refractivity contribution in [1.82, 2.24) is 10.2 Å². The first-order chi connectivity index (χ1) is 20.8. The molecule has 1 unspecified atom stereocenters. The molecule has 0 saturated carbocycles. The van der Waals surface area contributed by atoms with Crippen LogP contribution in [-0.4, -0.2) is 52.9 Å². The van der Waals surface area contributed by atoms with Gasteiger partial charge in [-0.05, 0) is 43.2 Å². The zero-order valence-electron chi connectivity index (χ0n) is 23.1. The molecule has 3 aromatic rings. The molecule has 0 radical (unpaired) electrons. The Morgan fingerprint density at radius 2 is 2.00 bits per heavy atom. The van der Waals surface area contributed by atoms with E-state index in [1.54, 1.807) is 35.2 Å². The molecule has 2 heterocycles. The predicted octanol–water partition coefficient (Wildman–Crippen LogP) is 4.29. The molecule has 1 aromatic heterocycles. The molecule has 5 rings (SSSR count). The maximum absolute atomic E-state index is 13.5. The molecule has 0 spiro atoms. The summed E-state index contributed by atoms with van der Waals surface area (Å²) in [7, 11) is 3.05. The number of hydrogen-bond acceptors (Lipinski definition) is 12. The van der Waals surface area contributed by atoms with E-state index in [-0.39, 0.29) is 34.2 Å². The molecule has 1 aliphatic carbocycles. The van der Waals surface area contributed by atoms with Crippen LogP contribution < -0.4 is 25.4 Å². The van der Waals surface area contributed by atoms with Gasteiger partial charge in [0.2, 0.25) is 11.0 Å². The number of amides is 1. The number of para-hydroxylation sites is 1. The first-order valence-corrected chi connectivity index (χ1v) is 14.8. The van der Waals surface area contributed by atoms with Crippen molar-refractivity contribution in [3.63, 3.8) is 0 Å². The number of thioether (sulfide) groups is 1.